The third-order valence-electron chi connectivity index (χ3n) is 2.86. The van der Waals surface area contributed by atoms with Crippen molar-refractivity contribution < 1.29 is 14.3 Å². The second-order valence-electron chi connectivity index (χ2n) is 4.20. The van der Waals surface area contributed by atoms with Gasteiger partial charge in [-0.15, -0.1) is 17.0 Å². The van der Waals surface area contributed by atoms with Gasteiger partial charge in [0.1, 0.15) is 0 Å². The maximum atomic E-state index is 12.1. The van der Waals surface area contributed by atoms with E-state index in [-0.39, 0.29) is 35.0 Å². The number of nitro benzene ring substituents is 1. The van der Waals surface area contributed by atoms with Crippen LogP contribution in [0.25, 0.3) is 0 Å². The van der Waals surface area contributed by atoms with Gasteiger partial charge in [-0.3, -0.25) is 14.9 Å². The van der Waals surface area contributed by atoms with Gasteiger partial charge in [-0.05, 0) is 0 Å². The minimum Gasteiger partial charge on any atom is -0.287 e. The first-order valence-corrected chi connectivity index (χ1v) is 5.80. The van der Waals surface area contributed by atoms with E-state index in [1.165, 1.54) is 18.2 Å². The Labute approximate surface area is 126 Å². The Hall–Kier alpha value is -2.08. The molecule has 1 aromatic carbocycles. The molecule has 0 saturated heterocycles. The van der Waals surface area contributed by atoms with Crippen LogP contribution in [0.2, 0.25) is 0 Å². The van der Waals surface area contributed by atoms with Gasteiger partial charge < -0.3 is 0 Å². The zero-order valence-electron chi connectivity index (χ0n) is 10.9. The Balaban J connectivity index is 0.00000200. The van der Waals surface area contributed by atoms with Crippen LogP contribution in [0.5, 0.6) is 0 Å². The molecule has 0 fully saturated rings. The molecule has 0 radical (unpaired) electrons. The van der Waals surface area contributed by atoms with Gasteiger partial charge in [-0.25, -0.2) is 0 Å². The molecule has 0 unspecified atom stereocenters. The van der Waals surface area contributed by atoms with Crippen LogP contribution >= 0.6 is 17.0 Å². The SMILES string of the molecule is Br.Cc1cccc[n+]1CC(=O)c1cccc([N+](=O)[O-])c1. The summed E-state index contributed by atoms with van der Waals surface area (Å²) in [5.74, 6) is -0.150. The third kappa shape index (κ3) is 3.71. The van der Waals surface area contributed by atoms with Gasteiger partial charge in [-0.2, -0.15) is 4.57 Å². The summed E-state index contributed by atoms with van der Waals surface area (Å²) >= 11 is 0. The molecule has 6 heteroatoms. The van der Waals surface area contributed by atoms with Gasteiger partial charge in [0.05, 0.1) is 4.92 Å². The average Bonchev–Trinajstić information content (AvgIpc) is 2.41. The summed E-state index contributed by atoms with van der Waals surface area (Å²) in [6, 6.07) is 11.4. The van der Waals surface area contributed by atoms with Crippen molar-refractivity contribution in [3.05, 3.63) is 70.0 Å². The lowest BCUT2D eigenvalue weighted by molar-refractivity contribution is -0.689. The lowest BCUT2D eigenvalue weighted by Crippen LogP contribution is -2.40. The van der Waals surface area contributed by atoms with Gasteiger partial charge in [0, 0.05) is 36.8 Å². The summed E-state index contributed by atoms with van der Waals surface area (Å²) in [6.45, 7) is 2.08. The van der Waals surface area contributed by atoms with Crippen molar-refractivity contribution in [2.24, 2.45) is 0 Å². The van der Waals surface area contributed by atoms with Crippen LogP contribution in [0.4, 0.5) is 5.69 Å². The first kappa shape index (κ1) is 16.0. The van der Waals surface area contributed by atoms with Crippen LogP contribution in [0, 0.1) is 17.0 Å². The molecule has 0 aliphatic carbocycles. The molecule has 0 saturated carbocycles. The Morgan fingerprint density at radius 1 is 1.25 bits per heavy atom. The number of ketones is 1. The van der Waals surface area contributed by atoms with Crippen molar-refractivity contribution in [2.75, 3.05) is 0 Å². The number of nitro groups is 1. The molecular weight excluding hydrogens is 324 g/mol. The molecule has 0 atom stereocenters. The first-order valence-electron chi connectivity index (χ1n) is 5.80. The molecule has 0 amide bonds. The molecule has 2 rings (SSSR count). The number of rotatable bonds is 4. The first-order chi connectivity index (χ1) is 9.08. The third-order valence-corrected chi connectivity index (χ3v) is 2.86. The van der Waals surface area contributed by atoms with Gasteiger partial charge in [-0.1, -0.05) is 18.2 Å². The highest BCUT2D eigenvalue weighted by Crippen LogP contribution is 2.13. The maximum absolute atomic E-state index is 12.1. The summed E-state index contributed by atoms with van der Waals surface area (Å²) in [7, 11) is 0. The Bertz CT molecular complexity index is 644. The van der Waals surface area contributed by atoms with Crippen molar-refractivity contribution in [3.63, 3.8) is 0 Å². The fourth-order valence-electron chi connectivity index (χ4n) is 1.78. The molecule has 2 aromatic rings. The van der Waals surface area contributed by atoms with E-state index in [0.29, 0.717) is 5.56 Å². The van der Waals surface area contributed by atoms with Crippen LogP contribution in [-0.2, 0) is 6.54 Å². The normalized spacial score (nSPS) is 9.65. The molecule has 1 heterocycles. The summed E-state index contributed by atoms with van der Waals surface area (Å²) in [6.07, 6.45) is 1.81. The van der Waals surface area contributed by atoms with Crippen molar-refractivity contribution in [2.45, 2.75) is 13.5 Å². The largest absolute Gasteiger partial charge is 0.287 e. The highest BCUT2D eigenvalue weighted by atomic mass is 79.9. The van der Waals surface area contributed by atoms with E-state index >= 15 is 0 Å². The number of hydrogen-bond donors (Lipinski definition) is 0. The fraction of sp³-hybridized carbons (Fsp3) is 0.143. The lowest BCUT2D eigenvalue weighted by Gasteiger charge is -2.00. The molecule has 0 N–H and O–H groups in total. The van der Waals surface area contributed by atoms with Crippen LogP contribution in [0.15, 0.2) is 48.7 Å². The number of aryl methyl sites for hydroxylation is 1. The van der Waals surface area contributed by atoms with E-state index < -0.39 is 4.92 Å². The zero-order valence-corrected chi connectivity index (χ0v) is 12.6. The number of carbonyl (C=O) groups is 1. The molecule has 0 aliphatic rings. The minimum atomic E-state index is -0.502. The number of carbonyl (C=O) groups excluding carboxylic acids is 1. The number of non-ortho nitro benzene ring substituents is 1. The lowest BCUT2D eigenvalue weighted by atomic mass is 10.1. The van der Waals surface area contributed by atoms with Crippen molar-refractivity contribution >= 4 is 28.5 Å². The second kappa shape index (κ2) is 6.91. The fourth-order valence-corrected chi connectivity index (χ4v) is 1.78. The standard InChI is InChI=1S/C14H13N2O3.BrH/c1-11-5-2-3-8-15(11)10-14(17)12-6-4-7-13(9-12)16(18)19;/h2-9H,10H2,1H3;1H/q+1;. The van der Waals surface area contributed by atoms with Gasteiger partial charge in [0.15, 0.2) is 11.9 Å². The van der Waals surface area contributed by atoms with Crippen LogP contribution in [0.3, 0.4) is 0 Å². The highest BCUT2D eigenvalue weighted by Gasteiger charge is 2.16. The maximum Gasteiger partial charge on any atom is 0.270 e. The monoisotopic (exact) mass is 337 g/mol. The minimum absolute atomic E-state index is 0. The van der Waals surface area contributed by atoms with Crippen LogP contribution < -0.4 is 4.57 Å². The molecule has 20 heavy (non-hydrogen) atoms. The molecule has 0 bridgehead atoms. The highest BCUT2D eigenvalue weighted by molar-refractivity contribution is 8.93. The van der Waals surface area contributed by atoms with E-state index in [0.717, 1.165) is 5.69 Å². The van der Waals surface area contributed by atoms with Crippen molar-refractivity contribution in [1.82, 2.24) is 0 Å². The quantitative estimate of drug-likeness (QED) is 0.373. The number of benzene rings is 1. The van der Waals surface area contributed by atoms with Crippen molar-refractivity contribution in [3.8, 4) is 0 Å². The predicted octanol–water partition coefficient (Wildman–Crippen LogP) is 2.65. The number of Topliss-reactive ketones (excluding diaryl/α,β-unsaturated/α-hetero) is 1. The second-order valence-corrected chi connectivity index (χ2v) is 4.20. The summed E-state index contributed by atoms with van der Waals surface area (Å²) in [5, 5.41) is 10.7. The molecular formula is C14H14BrN2O3+. The van der Waals surface area contributed by atoms with Gasteiger partial charge in [0.25, 0.3) is 5.69 Å². The van der Waals surface area contributed by atoms with Crippen molar-refractivity contribution in [1.29, 1.82) is 0 Å². The van der Waals surface area contributed by atoms with E-state index in [9.17, 15) is 14.9 Å². The van der Waals surface area contributed by atoms with Crippen LogP contribution in [0.1, 0.15) is 16.1 Å². The van der Waals surface area contributed by atoms with E-state index in [1.807, 2.05) is 31.3 Å². The summed E-state index contributed by atoms with van der Waals surface area (Å²) in [4.78, 5) is 22.3. The predicted molar refractivity (Wildman–Crippen MR) is 79.1 cm³/mol. The topological polar surface area (TPSA) is 64.1 Å². The van der Waals surface area contributed by atoms with Gasteiger partial charge in [0.2, 0.25) is 12.3 Å². The Kier molecular flexibility index (Phi) is 5.52. The molecule has 5 nitrogen and oxygen atoms in total. The van der Waals surface area contributed by atoms with Gasteiger partial charge >= 0.3 is 0 Å². The molecule has 0 spiro atoms. The zero-order chi connectivity index (χ0) is 13.8. The molecule has 1 aromatic heterocycles. The summed E-state index contributed by atoms with van der Waals surface area (Å²) in [5.41, 5.74) is 1.24. The number of halogens is 1. The summed E-state index contributed by atoms with van der Waals surface area (Å²) < 4.78 is 1.81. The molecule has 0 aliphatic heterocycles. The Morgan fingerprint density at radius 2 is 2.00 bits per heavy atom. The number of pyridine rings is 1. The number of nitrogens with zero attached hydrogens (tertiary/aromatic N) is 2. The average molecular weight is 338 g/mol. The molecule has 104 valence electrons. The smallest absolute Gasteiger partial charge is 0.270 e. The van der Waals surface area contributed by atoms with E-state index in [2.05, 4.69) is 0 Å². The Morgan fingerprint density at radius 3 is 2.65 bits per heavy atom. The van der Waals surface area contributed by atoms with E-state index in [4.69, 9.17) is 0 Å². The van der Waals surface area contributed by atoms with Crippen LogP contribution in [-0.4, -0.2) is 10.7 Å². The van der Waals surface area contributed by atoms with E-state index in [1.54, 1.807) is 10.6 Å². The number of hydrogen-bond acceptors (Lipinski definition) is 3. The number of aromatic nitrogens is 1.